The second kappa shape index (κ2) is 17.0. The fourth-order valence-electron chi connectivity index (χ4n) is 9.95. The highest BCUT2D eigenvalue weighted by molar-refractivity contribution is 6.14. The second-order valence-electron chi connectivity index (χ2n) is 17.0. The minimum atomic E-state index is 0.615. The van der Waals surface area contributed by atoms with E-state index in [0.717, 1.165) is 83.7 Å². The van der Waals surface area contributed by atoms with E-state index in [1.165, 1.54) is 32.8 Å². The quantitative estimate of drug-likeness (QED) is 0.128. The van der Waals surface area contributed by atoms with Crippen molar-refractivity contribution in [2.45, 2.75) is 0 Å². The molecule has 0 bridgehead atoms. The Bertz CT molecular complexity index is 3800. The Morgan fingerprint density at radius 3 is 1.46 bits per heavy atom. The molecule has 4 nitrogen and oxygen atoms in total. The third-order valence-electron chi connectivity index (χ3n) is 13.1. The van der Waals surface area contributed by atoms with E-state index in [1.54, 1.807) is 6.08 Å². The Hall–Kier alpha value is -9.12. The summed E-state index contributed by atoms with van der Waals surface area (Å²) < 4.78 is 4.90. The van der Waals surface area contributed by atoms with Crippen LogP contribution in [-0.4, -0.2) is 19.1 Å². The Kier molecular flexibility index (Phi) is 10.1. The van der Waals surface area contributed by atoms with Crippen molar-refractivity contribution in [2.75, 3.05) is 0 Å². The lowest BCUT2D eigenvalue weighted by Gasteiger charge is -2.21. The third kappa shape index (κ3) is 6.95. The molecule has 0 radical (unpaired) electrons. The van der Waals surface area contributed by atoms with Crippen LogP contribution in [0.15, 0.2) is 256 Å². The van der Waals surface area contributed by atoms with E-state index >= 15 is 0 Å². The number of para-hydroxylation sites is 2. The van der Waals surface area contributed by atoms with Gasteiger partial charge in [-0.05, 0) is 88.5 Å². The van der Waals surface area contributed by atoms with Gasteiger partial charge in [0.1, 0.15) is 0 Å². The maximum absolute atomic E-state index is 5.32. The van der Waals surface area contributed by atoms with Crippen molar-refractivity contribution in [3.63, 3.8) is 0 Å². The van der Waals surface area contributed by atoms with Gasteiger partial charge in [-0.3, -0.25) is 0 Å². The predicted molar refractivity (Wildman–Crippen MR) is 286 cm³/mol. The van der Waals surface area contributed by atoms with E-state index in [1.807, 2.05) is 36.4 Å². The van der Waals surface area contributed by atoms with E-state index in [9.17, 15) is 0 Å². The molecule has 320 valence electrons. The highest BCUT2D eigenvalue weighted by Crippen LogP contribution is 2.45. The lowest BCUT2D eigenvalue weighted by Crippen LogP contribution is -2.03. The average molecular weight is 869 g/mol. The lowest BCUT2D eigenvalue weighted by atomic mass is 9.92. The van der Waals surface area contributed by atoms with Gasteiger partial charge in [-0.15, -0.1) is 0 Å². The van der Waals surface area contributed by atoms with Crippen LogP contribution in [0.5, 0.6) is 0 Å². The van der Waals surface area contributed by atoms with Gasteiger partial charge in [-0.1, -0.05) is 195 Å². The Morgan fingerprint density at radius 1 is 0.382 bits per heavy atom. The first-order valence-corrected chi connectivity index (χ1v) is 23.0. The SMILES string of the molecule is C=C/C=C(\C=C)c1cc(-c2ccccc2)nc(-c2cc(-c3ccccc3)c(-n3c4ccc(-c5ccccc5)cc4c4cc(-n5c6ccccc6c6ccccc65)ccc43)c(-c3ccccc3)c2)n1. The molecule has 0 atom stereocenters. The molecule has 0 unspecified atom stereocenters. The number of hydrogen-bond acceptors (Lipinski definition) is 2. The minimum Gasteiger partial charge on any atom is -0.309 e. The summed E-state index contributed by atoms with van der Waals surface area (Å²) in [6.07, 6.45) is 5.55. The first-order chi connectivity index (χ1) is 33.6. The van der Waals surface area contributed by atoms with Gasteiger partial charge in [-0.2, -0.15) is 0 Å². The summed E-state index contributed by atoms with van der Waals surface area (Å²) >= 11 is 0. The van der Waals surface area contributed by atoms with Crippen molar-refractivity contribution in [1.82, 2.24) is 19.1 Å². The van der Waals surface area contributed by atoms with E-state index in [-0.39, 0.29) is 0 Å². The van der Waals surface area contributed by atoms with Crippen LogP contribution >= 0.6 is 0 Å². The molecule has 9 aromatic carbocycles. The highest BCUT2D eigenvalue weighted by atomic mass is 15.0. The number of allylic oxidation sites excluding steroid dienone is 4. The summed E-state index contributed by atoms with van der Waals surface area (Å²) in [5.41, 5.74) is 17.7. The van der Waals surface area contributed by atoms with Gasteiger partial charge in [0.2, 0.25) is 0 Å². The molecule has 12 rings (SSSR count). The predicted octanol–water partition coefficient (Wildman–Crippen LogP) is 16.8. The lowest BCUT2D eigenvalue weighted by molar-refractivity contribution is 1.15. The fourth-order valence-corrected chi connectivity index (χ4v) is 9.95. The van der Waals surface area contributed by atoms with Crippen LogP contribution in [0, 0.1) is 0 Å². The molecule has 0 amide bonds. The van der Waals surface area contributed by atoms with Crippen molar-refractivity contribution >= 4 is 49.2 Å². The summed E-state index contributed by atoms with van der Waals surface area (Å²) in [5, 5.41) is 4.80. The normalized spacial score (nSPS) is 11.7. The summed E-state index contributed by atoms with van der Waals surface area (Å²) in [4.78, 5) is 10.6. The first-order valence-electron chi connectivity index (χ1n) is 23.0. The molecule has 0 aliphatic rings. The van der Waals surface area contributed by atoms with Crippen molar-refractivity contribution in [3.8, 4) is 67.4 Å². The van der Waals surface area contributed by atoms with Crippen LogP contribution in [0.3, 0.4) is 0 Å². The molecule has 0 saturated carbocycles. The van der Waals surface area contributed by atoms with Gasteiger partial charge in [0.25, 0.3) is 0 Å². The van der Waals surface area contributed by atoms with Crippen LogP contribution in [0.25, 0.3) is 117 Å². The van der Waals surface area contributed by atoms with Crippen LogP contribution < -0.4 is 0 Å². The van der Waals surface area contributed by atoms with E-state index in [0.29, 0.717) is 5.82 Å². The Morgan fingerprint density at radius 2 is 0.882 bits per heavy atom. The number of fused-ring (bicyclic) bond motifs is 6. The van der Waals surface area contributed by atoms with Gasteiger partial charge < -0.3 is 9.13 Å². The molecular weight excluding hydrogens is 825 g/mol. The molecule has 3 heterocycles. The van der Waals surface area contributed by atoms with Crippen LogP contribution in [-0.2, 0) is 0 Å². The van der Waals surface area contributed by atoms with E-state index in [4.69, 9.17) is 9.97 Å². The van der Waals surface area contributed by atoms with Gasteiger partial charge >= 0.3 is 0 Å². The van der Waals surface area contributed by atoms with Crippen molar-refractivity contribution in [2.24, 2.45) is 0 Å². The van der Waals surface area contributed by atoms with Crippen LogP contribution in [0.1, 0.15) is 5.69 Å². The first kappa shape index (κ1) is 40.4. The molecule has 0 fully saturated rings. The fraction of sp³-hybridized carbons (Fsp3) is 0. The average Bonchev–Trinajstić information content (AvgIpc) is 3.92. The van der Waals surface area contributed by atoms with Gasteiger partial charge in [0.05, 0.1) is 39.1 Å². The molecule has 4 heteroatoms. The van der Waals surface area contributed by atoms with Crippen molar-refractivity contribution in [3.05, 3.63) is 262 Å². The molecule has 0 aliphatic heterocycles. The van der Waals surface area contributed by atoms with Gasteiger partial charge in [-0.25, -0.2) is 9.97 Å². The summed E-state index contributed by atoms with van der Waals surface area (Å²) in [6.45, 7) is 8.14. The molecule has 0 spiro atoms. The van der Waals surface area contributed by atoms with Crippen molar-refractivity contribution in [1.29, 1.82) is 0 Å². The largest absolute Gasteiger partial charge is 0.309 e. The number of benzene rings is 9. The van der Waals surface area contributed by atoms with Gasteiger partial charge in [0, 0.05) is 49.5 Å². The summed E-state index contributed by atoms with van der Waals surface area (Å²) in [7, 11) is 0. The highest BCUT2D eigenvalue weighted by Gasteiger charge is 2.24. The monoisotopic (exact) mass is 868 g/mol. The molecule has 0 saturated heterocycles. The Labute approximate surface area is 395 Å². The Balaban J connectivity index is 1.19. The standard InChI is InChI=1S/C64H44N4/c1-3-21-43(4-2)57-42-58(47-28-15-8-16-29-47)66-64(65-57)49-39-53(45-24-11-6-12-25-45)63(54(40-49)46-26-13-7-14-27-46)68-61-36-34-48(44-22-9-5-10-23-44)38-55(61)56-41-50(35-37-62(56)68)67-59-32-19-17-30-51(59)52-31-18-20-33-60(52)67/h3-42H,1-2H2/b43-21+. The number of hydrogen-bond donors (Lipinski definition) is 0. The summed E-state index contributed by atoms with van der Waals surface area (Å²) in [5.74, 6) is 0.615. The van der Waals surface area contributed by atoms with Crippen molar-refractivity contribution < 1.29 is 0 Å². The van der Waals surface area contributed by atoms with Crippen LogP contribution in [0.4, 0.5) is 0 Å². The maximum atomic E-state index is 5.32. The molecule has 0 aliphatic carbocycles. The van der Waals surface area contributed by atoms with E-state index < -0.39 is 0 Å². The second-order valence-corrected chi connectivity index (χ2v) is 17.0. The zero-order valence-corrected chi connectivity index (χ0v) is 37.3. The van der Waals surface area contributed by atoms with E-state index in [2.05, 4.69) is 222 Å². The zero-order valence-electron chi connectivity index (χ0n) is 37.3. The summed E-state index contributed by atoms with van der Waals surface area (Å²) in [6, 6.07) is 80.3. The molecule has 3 aromatic heterocycles. The van der Waals surface area contributed by atoms with Crippen LogP contribution in [0.2, 0.25) is 0 Å². The molecule has 0 N–H and O–H groups in total. The number of nitrogens with zero attached hydrogens (tertiary/aromatic N) is 4. The minimum absolute atomic E-state index is 0.615. The maximum Gasteiger partial charge on any atom is 0.160 e. The molecule has 68 heavy (non-hydrogen) atoms. The topological polar surface area (TPSA) is 35.6 Å². The number of rotatable bonds is 10. The van der Waals surface area contributed by atoms with Gasteiger partial charge in [0.15, 0.2) is 5.82 Å². The zero-order chi connectivity index (χ0) is 45.6. The third-order valence-corrected chi connectivity index (χ3v) is 13.1. The molecule has 12 aromatic rings. The smallest absolute Gasteiger partial charge is 0.160 e. The number of aromatic nitrogens is 4. The molecular formula is C64H44N4.